The number of halogens is 1. The van der Waals surface area contributed by atoms with Gasteiger partial charge in [-0.2, -0.15) is 4.39 Å². The van der Waals surface area contributed by atoms with E-state index in [1.807, 2.05) is 0 Å². The fourth-order valence-corrected chi connectivity index (χ4v) is 3.03. The van der Waals surface area contributed by atoms with Crippen molar-refractivity contribution in [1.82, 2.24) is 10.2 Å². The first-order valence-corrected chi connectivity index (χ1v) is 7.51. The predicted octanol–water partition coefficient (Wildman–Crippen LogP) is 2.31. The number of nitro groups is 1. The first-order valence-electron chi connectivity index (χ1n) is 7.51. The van der Waals surface area contributed by atoms with Crippen LogP contribution in [0, 0.1) is 21.8 Å². The van der Waals surface area contributed by atoms with Crippen molar-refractivity contribution in [2.75, 3.05) is 19.6 Å². The summed E-state index contributed by atoms with van der Waals surface area (Å²) >= 11 is 0. The highest BCUT2D eigenvalue weighted by molar-refractivity contribution is 5.34. The quantitative estimate of drug-likeness (QED) is 0.646. The number of nitro benzene ring substituents is 1. The molecular weight excluding hydrogens is 273 g/mol. The summed E-state index contributed by atoms with van der Waals surface area (Å²) < 4.78 is 13.5. The second-order valence-electron chi connectivity index (χ2n) is 6.05. The summed E-state index contributed by atoms with van der Waals surface area (Å²) in [6.45, 7) is 3.83. The summed E-state index contributed by atoms with van der Waals surface area (Å²) in [4.78, 5) is 12.4. The van der Waals surface area contributed by atoms with Crippen LogP contribution in [-0.2, 0) is 6.54 Å². The van der Waals surface area contributed by atoms with Gasteiger partial charge in [0.05, 0.1) is 4.92 Å². The van der Waals surface area contributed by atoms with E-state index in [-0.39, 0.29) is 0 Å². The van der Waals surface area contributed by atoms with Crippen molar-refractivity contribution in [2.45, 2.75) is 31.8 Å². The minimum absolute atomic E-state index is 0.463. The molecule has 114 valence electrons. The van der Waals surface area contributed by atoms with Crippen LogP contribution in [0.2, 0.25) is 0 Å². The van der Waals surface area contributed by atoms with E-state index in [9.17, 15) is 14.5 Å². The number of hydrogen-bond donors (Lipinski definition) is 1. The molecule has 0 aromatic heterocycles. The zero-order valence-electron chi connectivity index (χ0n) is 11.9. The van der Waals surface area contributed by atoms with E-state index in [0.717, 1.165) is 24.7 Å². The van der Waals surface area contributed by atoms with E-state index in [1.165, 1.54) is 37.9 Å². The van der Waals surface area contributed by atoms with Gasteiger partial charge < -0.3 is 10.2 Å². The fourth-order valence-electron chi connectivity index (χ4n) is 3.03. The number of benzene rings is 1. The maximum absolute atomic E-state index is 13.5. The van der Waals surface area contributed by atoms with Gasteiger partial charge in [-0.25, -0.2) is 0 Å². The smallest absolute Gasteiger partial charge is 0.304 e. The van der Waals surface area contributed by atoms with Crippen molar-refractivity contribution in [3.8, 4) is 0 Å². The molecule has 1 aliphatic carbocycles. The Morgan fingerprint density at radius 2 is 2.19 bits per heavy atom. The molecule has 0 amide bonds. The number of likely N-dealkylation sites (tertiary alicyclic amines) is 1. The van der Waals surface area contributed by atoms with E-state index < -0.39 is 16.4 Å². The second-order valence-corrected chi connectivity index (χ2v) is 6.05. The second kappa shape index (κ2) is 6.07. The molecule has 0 spiro atoms. The zero-order valence-corrected chi connectivity index (χ0v) is 11.9. The van der Waals surface area contributed by atoms with Crippen LogP contribution in [0.5, 0.6) is 0 Å². The molecule has 2 aliphatic rings. The molecule has 1 aliphatic heterocycles. The molecule has 21 heavy (non-hydrogen) atoms. The minimum atomic E-state index is -0.764. The van der Waals surface area contributed by atoms with Gasteiger partial charge in [-0.05, 0) is 49.9 Å². The fraction of sp³-hybridized carbons (Fsp3) is 0.600. The Kier molecular flexibility index (Phi) is 4.17. The van der Waals surface area contributed by atoms with Crippen LogP contribution in [0.1, 0.15) is 24.8 Å². The monoisotopic (exact) mass is 293 g/mol. The summed E-state index contributed by atoms with van der Waals surface area (Å²) in [6.07, 6.45) is 3.92. The number of hydrogen-bond acceptors (Lipinski definition) is 4. The highest BCUT2D eigenvalue weighted by Crippen LogP contribution is 2.31. The van der Waals surface area contributed by atoms with Crippen molar-refractivity contribution in [3.05, 3.63) is 39.7 Å². The van der Waals surface area contributed by atoms with Crippen LogP contribution >= 0.6 is 0 Å². The van der Waals surface area contributed by atoms with Gasteiger partial charge in [0.25, 0.3) is 0 Å². The molecule has 1 saturated carbocycles. The lowest BCUT2D eigenvalue weighted by Gasteiger charge is -2.15. The van der Waals surface area contributed by atoms with Crippen LogP contribution in [0.3, 0.4) is 0 Å². The summed E-state index contributed by atoms with van der Waals surface area (Å²) in [7, 11) is 0. The first-order chi connectivity index (χ1) is 10.1. The topological polar surface area (TPSA) is 58.4 Å². The summed E-state index contributed by atoms with van der Waals surface area (Å²) in [5.41, 5.74) is 0.282. The van der Waals surface area contributed by atoms with E-state index in [4.69, 9.17) is 0 Å². The van der Waals surface area contributed by atoms with Crippen LogP contribution in [0.4, 0.5) is 10.1 Å². The molecule has 1 aromatic rings. The van der Waals surface area contributed by atoms with Crippen molar-refractivity contribution >= 4 is 5.69 Å². The lowest BCUT2D eigenvalue weighted by atomic mass is 10.1. The molecule has 1 atom stereocenters. The zero-order chi connectivity index (χ0) is 14.8. The summed E-state index contributed by atoms with van der Waals surface area (Å²) in [5, 5.41) is 13.9. The first kappa shape index (κ1) is 14.4. The van der Waals surface area contributed by atoms with Gasteiger partial charge in [0, 0.05) is 25.2 Å². The van der Waals surface area contributed by atoms with Gasteiger partial charge in [0.1, 0.15) is 0 Å². The molecule has 1 unspecified atom stereocenters. The number of nitrogens with one attached hydrogen (secondary N) is 1. The largest absolute Gasteiger partial charge is 0.312 e. The molecule has 1 N–H and O–H groups in total. The third kappa shape index (κ3) is 3.57. The molecule has 1 heterocycles. The average Bonchev–Trinajstić information content (AvgIpc) is 3.19. The van der Waals surface area contributed by atoms with E-state index in [0.29, 0.717) is 12.5 Å². The van der Waals surface area contributed by atoms with Crippen LogP contribution in [0.25, 0.3) is 0 Å². The third-order valence-corrected chi connectivity index (χ3v) is 4.35. The molecular formula is C15H20FN3O2. The molecule has 0 radical (unpaired) electrons. The van der Waals surface area contributed by atoms with Crippen molar-refractivity contribution in [3.63, 3.8) is 0 Å². The van der Waals surface area contributed by atoms with Gasteiger partial charge in [0.2, 0.25) is 5.82 Å². The van der Waals surface area contributed by atoms with Gasteiger partial charge in [0.15, 0.2) is 0 Å². The number of rotatable bonds is 6. The van der Waals surface area contributed by atoms with Crippen molar-refractivity contribution < 1.29 is 9.31 Å². The number of nitrogens with zero attached hydrogens (tertiary/aromatic N) is 2. The van der Waals surface area contributed by atoms with Crippen molar-refractivity contribution in [1.29, 1.82) is 0 Å². The summed E-state index contributed by atoms with van der Waals surface area (Å²) in [5.74, 6) is -0.103. The highest BCUT2D eigenvalue weighted by atomic mass is 19.1. The van der Waals surface area contributed by atoms with Crippen molar-refractivity contribution in [2.24, 2.45) is 5.92 Å². The van der Waals surface area contributed by atoms with Gasteiger partial charge in [-0.15, -0.1) is 0 Å². The van der Waals surface area contributed by atoms with Gasteiger partial charge in [-0.3, -0.25) is 10.1 Å². The minimum Gasteiger partial charge on any atom is -0.312 e. The van der Waals surface area contributed by atoms with Gasteiger partial charge in [-0.1, -0.05) is 6.07 Å². The average molecular weight is 293 g/mol. The SMILES string of the molecule is O=[N+]([O-])c1ccc(CNCC2CCN(C3CC3)C2)cc1F. The maximum Gasteiger partial charge on any atom is 0.304 e. The maximum atomic E-state index is 13.5. The van der Waals surface area contributed by atoms with E-state index in [1.54, 1.807) is 6.07 Å². The Morgan fingerprint density at radius 3 is 2.86 bits per heavy atom. The molecule has 3 rings (SSSR count). The lowest BCUT2D eigenvalue weighted by molar-refractivity contribution is -0.387. The Labute approximate surface area is 123 Å². The Balaban J connectivity index is 1.45. The molecule has 0 bridgehead atoms. The molecule has 1 aromatic carbocycles. The molecule has 5 nitrogen and oxygen atoms in total. The summed E-state index contributed by atoms with van der Waals surface area (Å²) in [6, 6.07) is 4.92. The van der Waals surface area contributed by atoms with E-state index >= 15 is 0 Å². The van der Waals surface area contributed by atoms with Gasteiger partial charge >= 0.3 is 5.69 Å². The Hall–Kier alpha value is -1.53. The molecule has 6 heteroatoms. The molecule has 2 fully saturated rings. The van der Waals surface area contributed by atoms with Crippen LogP contribution < -0.4 is 5.32 Å². The highest BCUT2D eigenvalue weighted by Gasteiger charge is 2.33. The molecule has 1 saturated heterocycles. The standard InChI is InChI=1S/C15H20FN3O2/c16-14-7-11(1-4-15(14)19(20)21)8-17-9-12-5-6-18(10-12)13-2-3-13/h1,4,7,12-13,17H,2-3,5-6,8-10H2. The Bertz CT molecular complexity index is 534. The van der Waals surface area contributed by atoms with E-state index in [2.05, 4.69) is 10.2 Å². The normalized spacial score (nSPS) is 22.6. The van der Waals surface area contributed by atoms with Crippen LogP contribution in [-0.4, -0.2) is 35.5 Å². The Morgan fingerprint density at radius 1 is 1.38 bits per heavy atom. The lowest BCUT2D eigenvalue weighted by Crippen LogP contribution is -2.27. The predicted molar refractivity (Wildman–Crippen MR) is 77.5 cm³/mol. The third-order valence-electron chi connectivity index (χ3n) is 4.35. The van der Waals surface area contributed by atoms with Crippen LogP contribution in [0.15, 0.2) is 18.2 Å².